The number of benzene rings is 2. The van der Waals surface area contributed by atoms with Crippen molar-refractivity contribution in [2.45, 2.75) is 31.1 Å². The molecule has 1 fully saturated rings. The molecule has 4 rings (SSSR count). The Hall–Kier alpha value is -2.06. The van der Waals surface area contributed by atoms with E-state index in [4.69, 9.17) is 0 Å². The standard InChI is InChI=1S/C19H22N2O4S2/c1-15-14-17(20-11-4-5-13-26(20,22)23)8-9-19(15)27(24,25)21-12-10-16-6-2-3-7-18(16)21/h2-3,6-9,14H,4-5,10-13H2,1H3. The van der Waals surface area contributed by atoms with Crippen LogP contribution in [0.3, 0.4) is 0 Å². The zero-order chi connectivity index (χ0) is 19.2. The molecule has 0 N–H and O–H groups in total. The fourth-order valence-electron chi connectivity index (χ4n) is 3.83. The number of hydrogen-bond donors (Lipinski definition) is 0. The maximum Gasteiger partial charge on any atom is 0.264 e. The van der Waals surface area contributed by atoms with Gasteiger partial charge in [0.15, 0.2) is 0 Å². The average Bonchev–Trinajstić information content (AvgIpc) is 3.06. The minimum Gasteiger partial charge on any atom is -0.270 e. The van der Waals surface area contributed by atoms with Gasteiger partial charge in [0.25, 0.3) is 10.0 Å². The van der Waals surface area contributed by atoms with Gasteiger partial charge in [0.05, 0.1) is 22.0 Å². The highest BCUT2D eigenvalue weighted by Crippen LogP contribution is 2.35. The topological polar surface area (TPSA) is 74.8 Å². The van der Waals surface area contributed by atoms with Crippen molar-refractivity contribution >= 4 is 31.4 Å². The second-order valence-electron chi connectivity index (χ2n) is 7.00. The molecule has 2 aromatic carbocycles. The Labute approximate surface area is 160 Å². The number of sulfonamides is 2. The van der Waals surface area contributed by atoms with Crippen LogP contribution in [0.2, 0.25) is 0 Å². The van der Waals surface area contributed by atoms with Crippen LogP contribution in [-0.4, -0.2) is 35.7 Å². The molecule has 2 aromatic rings. The minimum atomic E-state index is -3.69. The van der Waals surface area contributed by atoms with Crippen LogP contribution in [0.4, 0.5) is 11.4 Å². The van der Waals surface area contributed by atoms with Crippen LogP contribution in [0.25, 0.3) is 0 Å². The van der Waals surface area contributed by atoms with Gasteiger partial charge in [-0.25, -0.2) is 16.8 Å². The summed E-state index contributed by atoms with van der Waals surface area (Å²) in [6.45, 7) is 2.58. The lowest BCUT2D eigenvalue weighted by atomic mass is 10.2. The Morgan fingerprint density at radius 2 is 1.78 bits per heavy atom. The molecular weight excluding hydrogens is 384 g/mol. The lowest BCUT2D eigenvalue weighted by Gasteiger charge is -2.29. The fourth-order valence-corrected chi connectivity index (χ4v) is 7.18. The van der Waals surface area contributed by atoms with E-state index >= 15 is 0 Å². The van der Waals surface area contributed by atoms with Crippen molar-refractivity contribution in [1.29, 1.82) is 0 Å². The van der Waals surface area contributed by atoms with Crippen molar-refractivity contribution in [3.05, 3.63) is 53.6 Å². The molecule has 0 saturated carbocycles. The fraction of sp³-hybridized carbons (Fsp3) is 0.368. The highest BCUT2D eigenvalue weighted by molar-refractivity contribution is 7.93. The molecule has 2 heterocycles. The second kappa shape index (κ2) is 6.53. The van der Waals surface area contributed by atoms with Gasteiger partial charge in [0, 0.05) is 13.1 Å². The predicted molar refractivity (Wildman–Crippen MR) is 106 cm³/mol. The Balaban J connectivity index is 1.71. The molecule has 2 aliphatic rings. The third-order valence-electron chi connectivity index (χ3n) is 5.21. The van der Waals surface area contributed by atoms with E-state index in [0.29, 0.717) is 37.2 Å². The van der Waals surface area contributed by atoms with E-state index in [-0.39, 0.29) is 10.6 Å². The molecular formula is C19H22N2O4S2. The van der Waals surface area contributed by atoms with Crippen molar-refractivity contribution in [1.82, 2.24) is 0 Å². The maximum atomic E-state index is 13.2. The third-order valence-corrected chi connectivity index (χ3v) is 9.05. The first-order chi connectivity index (χ1) is 12.8. The summed E-state index contributed by atoms with van der Waals surface area (Å²) in [6.07, 6.45) is 2.17. The Bertz CT molecular complexity index is 1090. The molecule has 0 unspecified atom stereocenters. The van der Waals surface area contributed by atoms with Gasteiger partial charge in [-0.3, -0.25) is 8.61 Å². The minimum absolute atomic E-state index is 0.136. The molecule has 27 heavy (non-hydrogen) atoms. The number of rotatable bonds is 3. The van der Waals surface area contributed by atoms with Gasteiger partial charge in [-0.05, 0) is 61.6 Å². The molecule has 1 saturated heterocycles. The smallest absolute Gasteiger partial charge is 0.264 e. The highest BCUT2D eigenvalue weighted by Gasteiger charge is 2.32. The van der Waals surface area contributed by atoms with Crippen LogP contribution in [0.1, 0.15) is 24.0 Å². The normalized spacial score (nSPS) is 19.1. The number of fused-ring (bicyclic) bond motifs is 1. The van der Waals surface area contributed by atoms with Crippen molar-refractivity contribution in [3.8, 4) is 0 Å². The summed E-state index contributed by atoms with van der Waals surface area (Å²) >= 11 is 0. The van der Waals surface area contributed by atoms with Gasteiger partial charge in [0.2, 0.25) is 10.0 Å². The van der Waals surface area contributed by atoms with Gasteiger partial charge in [-0.1, -0.05) is 18.2 Å². The molecule has 2 aliphatic heterocycles. The Kier molecular flexibility index (Phi) is 4.43. The molecule has 0 bridgehead atoms. The van der Waals surface area contributed by atoms with E-state index in [0.717, 1.165) is 17.7 Å². The Morgan fingerprint density at radius 3 is 2.52 bits per heavy atom. The summed E-state index contributed by atoms with van der Waals surface area (Å²) in [4.78, 5) is 0.220. The van der Waals surface area contributed by atoms with E-state index in [1.54, 1.807) is 19.1 Å². The molecule has 144 valence electrons. The lowest BCUT2D eigenvalue weighted by Crippen LogP contribution is -2.38. The molecule has 8 heteroatoms. The van der Waals surface area contributed by atoms with Gasteiger partial charge in [0.1, 0.15) is 0 Å². The molecule has 0 aliphatic carbocycles. The number of hydrogen-bond acceptors (Lipinski definition) is 4. The van der Waals surface area contributed by atoms with E-state index in [2.05, 4.69) is 0 Å². The summed E-state index contributed by atoms with van der Waals surface area (Å²) in [5.41, 5.74) is 2.83. The van der Waals surface area contributed by atoms with Crippen LogP contribution in [0, 0.1) is 6.92 Å². The van der Waals surface area contributed by atoms with Crippen molar-refractivity contribution < 1.29 is 16.8 Å². The molecule has 0 radical (unpaired) electrons. The summed E-state index contributed by atoms with van der Waals surface area (Å²) in [5.74, 6) is 0.136. The van der Waals surface area contributed by atoms with Crippen LogP contribution in [0.5, 0.6) is 0 Å². The van der Waals surface area contributed by atoms with E-state index in [1.165, 1.54) is 14.7 Å². The largest absolute Gasteiger partial charge is 0.270 e. The van der Waals surface area contributed by atoms with E-state index in [1.807, 2.05) is 24.3 Å². The maximum absolute atomic E-state index is 13.2. The number of aryl methyl sites for hydroxylation is 1. The first-order valence-corrected chi connectivity index (χ1v) is 12.1. The lowest BCUT2D eigenvalue weighted by molar-refractivity contribution is 0.574. The number of anilines is 2. The third kappa shape index (κ3) is 3.10. The van der Waals surface area contributed by atoms with Crippen LogP contribution in [0.15, 0.2) is 47.4 Å². The summed E-state index contributed by atoms with van der Waals surface area (Å²) < 4.78 is 53.9. The summed E-state index contributed by atoms with van der Waals surface area (Å²) in [7, 11) is -7.02. The van der Waals surface area contributed by atoms with Gasteiger partial charge >= 0.3 is 0 Å². The summed E-state index contributed by atoms with van der Waals surface area (Å²) in [5, 5.41) is 0. The predicted octanol–water partition coefficient (Wildman–Crippen LogP) is 2.68. The zero-order valence-corrected chi connectivity index (χ0v) is 16.8. The quantitative estimate of drug-likeness (QED) is 0.785. The Morgan fingerprint density at radius 1 is 1.00 bits per heavy atom. The monoisotopic (exact) mass is 406 g/mol. The van der Waals surface area contributed by atoms with Crippen molar-refractivity contribution in [2.75, 3.05) is 27.5 Å². The van der Waals surface area contributed by atoms with Crippen LogP contribution >= 0.6 is 0 Å². The van der Waals surface area contributed by atoms with E-state index < -0.39 is 20.0 Å². The number of para-hydroxylation sites is 1. The SMILES string of the molecule is Cc1cc(N2CCCCS2(=O)=O)ccc1S(=O)(=O)N1CCc2ccccc21. The van der Waals surface area contributed by atoms with Gasteiger partial charge in [-0.2, -0.15) is 0 Å². The molecule has 0 amide bonds. The molecule has 6 nitrogen and oxygen atoms in total. The summed E-state index contributed by atoms with van der Waals surface area (Å²) in [6, 6.07) is 12.3. The first kappa shape index (κ1) is 18.3. The number of nitrogens with zero attached hydrogens (tertiary/aromatic N) is 2. The van der Waals surface area contributed by atoms with Crippen LogP contribution in [-0.2, 0) is 26.5 Å². The average molecular weight is 407 g/mol. The molecule has 0 atom stereocenters. The molecule has 0 spiro atoms. The van der Waals surface area contributed by atoms with Gasteiger partial charge < -0.3 is 0 Å². The zero-order valence-electron chi connectivity index (χ0n) is 15.1. The van der Waals surface area contributed by atoms with Gasteiger partial charge in [-0.15, -0.1) is 0 Å². The first-order valence-electron chi connectivity index (χ1n) is 9.02. The van der Waals surface area contributed by atoms with Crippen LogP contribution < -0.4 is 8.61 Å². The van der Waals surface area contributed by atoms with Crippen molar-refractivity contribution in [3.63, 3.8) is 0 Å². The van der Waals surface area contributed by atoms with Crippen molar-refractivity contribution in [2.24, 2.45) is 0 Å². The second-order valence-corrected chi connectivity index (χ2v) is 10.8. The van der Waals surface area contributed by atoms with E-state index in [9.17, 15) is 16.8 Å². The highest BCUT2D eigenvalue weighted by atomic mass is 32.2. The molecule has 0 aromatic heterocycles.